The van der Waals surface area contributed by atoms with E-state index in [1.807, 2.05) is 0 Å². The van der Waals surface area contributed by atoms with Crippen LogP contribution < -0.4 is 0 Å². The Bertz CT molecular complexity index is 694. The van der Waals surface area contributed by atoms with E-state index >= 15 is 0 Å². The van der Waals surface area contributed by atoms with Crippen LogP contribution in [0.25, 0.3) is 0 Å². The van der Waals surface area contributed by atoms with Crippen LogP contribution in [-0.2, 0) is 14.8 Å². The Kier molecular flexibility index (Phi) is 6.28. The number of alkyl halides is 3. The molecule has 0 bridgehead atoms. The first-order valence-electron chi connectivity index (χ1n) is 7.65. The van der Waals surface area contributed by atoms with Gasteiger partial charge in [0.25, 0.3) is 10.0 Å². The van der Waals surface area contributed by atoms with E-state index in [1.165, 1.54) is 16.4 Å². The quantitative estimate of drug-likeness (QED) is 0.695. The highest BCUT2D eigenvalue weighted by Crippen LogP contribution is 2.28. The van der Waals surface area contributed by atoms with Crippen molar-refractivity contribution in [1.82, 2.24) is 9.21 Å². The third-order valence-electron chi connectivity index (χ3n) is 3.92. The van der Waals surface area contributed by atoms with E-state index in [1.54, 1.807) is 11.4 Å². The van der Waals surface area contributed by atoms with Crippen molar-refractivity contribution in [2.45, 2.75) is 23.2 Å². The zero-order valence-corrected chi connectivity index (χ0v) is 15.0. The minimum atomic E-state index is -4.48. The lowest BCUT2D eigenvalue weighted by molar-refractivity contribution is -0.163. The monoisotopic (exact) mass is 396 g/mol. The molecule has 0 spiro atoms. The van der Waals surface area contributed by atoms with E-state index in [0.717, 1.165) is 16.2 Å². The second-order valence-electron chi connectivity index (χ2n) is 5.73. The summed E-state index contributed by atoms with van der Waals surface area (Å²) in [6, 6.07) is 3.14. The molecule has 0 aromatic carbocycles. The number of nitrogens with zero attached hydrogens (tertiary/aromatic N) is 2. The number of rotatable bonds is 6. The Morgan fingerprint density at radius 2 is 2.04 bits per heavy atom. The standard InChI is InChI=1S/C15H19F3N2O3S2/c1-2-7-19(11-15(16,17)18)14(21)12-5-8-20(9-6-12)25(22,23)13-4-3-10-24-13/h2-4,10,12H,1,5-9,11H2. The summed E-state index contributed by atoms with van der Waals surface area (Å²) in [5.41, 5.74) is 0. The van der Waals surface area contributed by atoms with Gasteiger partial charge in [-0.05, 0) is 24.3 Å². The molecule has 1 fully saturated rings. The summed E-state index contributed by atoms with van der Waals surface area (Å²) in [5, 5.41) is 1.66. The molecule has 1 aliphatic heterocycles. The van der Waals surface area contributed by atoms with Crippen LogP contribution in [0.4, 0.5) is 13.2 Å². The zero-order chi connectivity index (χ0) is 18.7. The van der Waals surface area contributed by atoms with Crippen molar-refractivity contribution in [3.05, 3.63) is 30.2 Å². The lowest BCUT2D eigenvalue weighted by Gasteiger charge is -2.33. The van der Waals surface area contributed by atoms with Crippen molar-refractivity contribution in [2.75, 3.05) is 26.2 Å². The van der Waals surface area contributed by atoms with Crippen LogP contribution in [0.3, 0.4) is 0 Å². The predicted octanol–water partition coefficient (Wildman–Crippen LogP) is 2.73. The smallest absolute Gasteiger partial charge is 0.330 e. The molecular weight excluding hydrogens is 377 g/mol. The number of amides is 1. The molecule has 1 amide bonds. The average molecular weight is 396 g/mol. The first-order valence-corrected chi connectivity index (χ1v) is 9.97. The molecule has 0 saturated carbocycles. The molecule has 1 aromatic heterocycles. The highest BCUT2D eigenvalue weighted by molar-refractivity contribution is 7.91. The second kappa shape index (κ2) is 7.88. The van der Waals surface area contributed by atoms with Gasteiger partial charge in [-0.2, -0.15) is 17.5 Å². The topological polar surface area (TPSA) is 57.7 Å². The van der Waals surface area contributed by atoms with Gasteiger partial charge in [-0.1, -0.05) is 12.1 Å². The molecule has 5 nitrogen and oxygen atoms in total. The lowest BCUT2D eigenvalue weighted by Crippen LogP contribution is -2.46. The molecule has 1 saturated heterocycles. The molecule has 2 heterocycles. The predicted molar refractivity (Wildman–Crippen MR) is 88.6 cm³/mol. The van der Waals surface area contributed by atoms with E-state index in [4.69, 9.17) is 0 Å². The summed E-state index contributed by atoms with van der Waals surface area (Å²) in [6.07, 6.45) is -2.83. The third-order valence-corrected chi connectivity index (χ3v) is 7.20. The Labute approximate surface area is 148 Å². The fourth-order valence-electron chi connectivity index (χ4n) is 2.74. The van der Waals surface area contributed by atoms with Crippen molar-refractivity contribution in [3.8, 4) is 0 Å². The fraction of sp³-hybridized carbons (Fsp3) is 0.533. The summed E-state index contributed by atoms with van der Waals surface area (Å²) in [7, 11) is -3.60. The first kappa shape index (κ1) is 19.9. The zero-order valence-electron chi connectivity index (χ0n) is 13.4. The molecule has 25 heavy (non-hydrogen) atoms. The summed E-state index contributed by atoms with van der Waals surface area (Å²) in [6.45, 7) is 2.10. The Hall–Kier alpha value is -1.39. The molecule has 140 valence electrons. The van der Waals surface area contributed by atoms with E-state index in [0.29, 0.717) is 0 Å². The van der Waals surface area contributed by atoms with Gasteiger partial charge >= 0.3 is 6.18 Å². The second-order valence-corrected chi connectivity index (χ2v) is 8.85. The van der Waals surface area contributed by atoms with Gasteiger partial charge in [0.05, 0.1) is 0 Å². The van der Waals surface area contributed by atoms with Crippen LogP contribution in [0, 0.1) is 5.92 Å². The third kappa shape index (κ3) is 5.05. The van der Waals surface area contributed by atoms with Gasteiger partial charge in [0, 0.05) is 25.6 Å². The minimum absolute atomic E-state index is 0.116. The number of sulfonamides is 1. The number of carbonyl (C=O) groups excluding carboxylic acids is 1. The largest absolute Gasteiger partial charge is 0.406 e. The summed E-state index contributed by atoms with van der Waals surface area (Å²) in [4.78, 5) is 13.1. The van der Waals surface area contributed by atoms with E-state index in [-0.39, 0.29) is 36.7 Å². The van der Waals surface area contributed by atoms with Crippen LogP contribution in [0.1, 0.15) is 12.8 Å². The number of halogens is 3. The van der Waals surface area contributed by atoms with Gasteiger partial charge in [0.2, 0.25) is 5.91 Å². The molecule has 2 rings (SSSR count). The molecule has 10 heteroatoms. The molecule has 0 N–H and O–H groups in total. The van der Waals surface area contributed by atoms with Crippen molar-refractivity contribution >= 4 is 27.3 Å². The number of hydrogen-bond donors (Lipinski definition) is 0. The van der Waals surface area contributed by atoms with Crippen LogP contribution in [0.5, 0.6) is 0 Å². The minimum Gasteiger partial charge on any atom is -0.330 e. The van der Waals surface area contributed by atoms with Crippen LogP contribution in [0.2, 0.25) is 0 Å². The highest BCUT2D eigenvalue weighted by Gasteiger charge is 2.37. The van der Waals surface area contributed by atoms with Crippen molar-refractivity contribution < 1.29 is 26.4 Å². The maximum atomic E-state index is 12.6. The van der Waals surface area contributed by atoms with E-state index in [9.17, 15) is 26.4 Å². The molecule has 0 unspecified atom stereocenters. The summed E-state index contributed by atoms with van der Waals surface area (Å²) < 4.78 is 64.2. The maximum Gasteiger partial charge on any atom is 0.406 e. The molecule has 1 aliphatic rings. The van der Waals surface area contributed by atoms with Crippen molar-refractivity contribution in [2.24, 2.45) is 5.92 Å². The summed E-state index contributed by atoms with van der Waals surface area (Å²) >= 11 is 1.11. The number of thiophene rings is 1. The van der Waals surface area contributed by atoms with Crippen LogP contribution >= 0.6 is 11.3 Å². The SMILES string of the molecule is C=CCN(CC(F)(F)F)C(=O)C1CCN(S(=O)(=O)c2cccs2)CC1. The van der Waals surface area contributed by atoms with Gasteiger partial charge in [-0.3, -0.25) is 4.79 Å². The van der Waals surface area contributed by atoms with Gasteiger partial charge in [0.15, 0.2) is 0 Å². The van der Waals surface area contributed by atoms with E-state index in [2.05, 4.69) is 6.58 Å². The molecule has 0 aliphatic carbocycles. The van der Waals surface area contributed by atoms with Crippen LogP contribution in [-0.4, -0.2) is 55.9 Å². The number of hydrogen-bond acceptors (Lipinski definition) is 4. The van der Waals surface area contributed by atoms with E-state index < -0.39 is 34.6 Å². The molecule has 1 aromatic rings. The molecular formula is C15H19F3N2O3S2. The molecule has 0 atom stereocenters. The Morgan fingerprint density at radius 3 is 2.52 bits per heavy atom. The Balaban J connectivity index is 2.01. The summed E-state index contributed by atoms with van der Waals surface area (Å²) in [5.74, 6) is -1.22. The maximum absolute atomic E-state index is 12.6. The number of carbonyl (C=O) groups is 1. The van der Waals surface area contributed by atoms with Gasteiger partial charge in [-0.15, -0.1) is 17.9 Å². The normalized spacial score (nSPS) is 17.4. The van der Waals surface area contributed by atoms with Crippen molar-refractivity contribution in [1.29, 1.82) is 0 Å². The van der Waals surface area contributed by atoms with Crippen molar-refractivity contribution in [3.63, 3.8) is 0 Å². The number of piperidine rings is 1. The average Bonchev–Trinajstić information content (AvgIpc) is 3.08. The van der Waals surface area contributed by atoms with Gasteiger partial charge < -0.3 is 4.90 Å². The van der Waals surface area contributed by atoms with Crippen LogP contribution in [0.15, 0.2) is 34.4 Å². The highest BCUT2D eigenvalue weighted by atomic mass is 32.2. The fourth-order valence-corrected chi connectivity index (χ4v) is 5.36. The Morgan fingerprint density at radius 1 is 1.40 bits per heavy atom. The molecule has 0 radical (unpaired) electrons. The lowest BCUT2D eigenvalue weighted by atomic mass is 9.96. The van der Waals surface area contributed by atoms with Gasteiger partial charge in [-0.25, -0.2) is 8.42 Å². The first-order chi connectivity index (χ1) is 11.6. The van der Waals surface area contributed by atoms with Gasteiger partial charge in [0.1, 0.15) is 10.8 Å².